The lowest BCUT2D eigenvalue weighted by molar-refractivity contribution is 0.408. The van der Waals surface area contributed by atoms with E-state index >= 15 is 0 Å². The second-order valence-corrected chi connectivity index (χ2v) is 4.18. The Balaban J connectivity index is 2.09. The summed E-state index contributed by atoms with van der Waals surface area (Å²) in [7, 11) is 3.55. The SMILES string of the molecule is COc1ccccc1CN(C)c1nnc(CCN)o1. The molecule has 0 saturated heterocycles. The van der Waals surface area contributed by atoms with E-state index in [0.29, 0.717) is 31.4 Å². The summed E-state index contributed by atoms with van der Waals surface area (Å²) in [6, 6.07) is 8.33. The number of nitrogens with two attached hydrogens (primary N) is 1. The van der Waals surface area contributed by atoms with Crippen LogP contribution in [0.15, 0.2) is 28.7 Å². The predicted molar refractivity (Wildman–Crippen MR) is 72.2 cm³/mol. The highest BCUT2D eigenvalue weighted by Gasteiger charge is 2.12. The maximum atomic E-state index is 5.51. The van der Waals surface area contributed by atoms with E-state index in [1.807, 2.05) is 36.2 Å². The molecule has 1 heterocycles. The van der Waals surface area contributed by atoms with Crippen molar-refractivity contribution in [1.82, 2.24) is 10.2 Å². The normalized spacial score (nSPS) is 10.5. The van der Waals surface area contributed by atoms with Crippen molar-refractivity contribution in [3.63, 3.8) is 0 Å². The Bertz CT molecular complexity index is 527. The van der Waals surface area contributed by atoms with Crippen molar-refractivity contribution in [3.05, 3.63) is 35.7 Å². The van der Waals surface area contributed by atoms with E-state index in [4.69, 9.17) is 14.9 Å². The van der Waals surface area contributed by atoms with Crippen LogP contribution >= 0.6 is 0 Å². The smallest absolute Gasteiger partial charge is 0.318 e. The molecule has 0 aliphatic heterocycles. The second-order valence-electron chi connectivity index (χ2n) is 4.18. The number of para-hydroxylation sites is 1. The molecule has 0 atom stereocenters. The largest absolute Gasteiger partial charge is 0.496 e. The number of anilines is 1. The van der Waals surface area contributed by atoms with Crippen LogP contribution in [-0.2, 0) is 13.0 Å². The van der Waals surface area contributed by atoms with Crippen molar-refractivity contribution >= 4 is 6.01 Å². The van der Waals surface area contributed by atoms with Crippen LogP contribution in [0.3, 0.4) is 0 Å². The minimum Gasteiger partial charge on any atom is -0.496 e. The average molecular weight is 262 g/mol. The summed E-state index contributed by atoms with van der Waals surface area (Å²) < 4.78 is 10.8. The maximum Gasteiger partial charge on any atom is 0.318 e. The van der Waals surface area contributed by atoms with Gasteiger partial charge in [0.2, 0.25) is 5.89 Å². The minimum atomic E-state index is 0.481. The van der Waals surface area contributed by atoms with E-state index < -0.39 is 0 Å². The quantitative estimate of drug-likeness (QED) is 0.843. The summed E-state index contributed by atoms with van der Waals surface area (Å²) >= 11 is 0. The first-order valence-electron chi connectivity index (χ1n) is 6.10. The van der Waals surface area contributed by atoms with Crippen LogP contribution in [0.2, 0.25) is 0 Å². The van der Waals surface area contributed by atoms with Gasteiger partial charge < -0.3 is 19.8 Å². The third-order valence-electron chi connectivity index (χ3n) is 2.74. The Kier molecular flexibility index (Phi) is 4.35. The highest BCUT2D eigenvalue weighted by atomic mass is 16.5. The average Bonchev–Trinajstić information content (AvgIpc) is 2.88. The van der Waals surface area contributed by atoms with E-state index in [2.05, 4.69) is 10.2 Å². The lowest BCUT2D eigenvalue weighted by Crippen LogP contribution is -2.17. The Morgan fingerprint density at radius 3 is 2.84 bits per heavy atom. The van der Waals surface area contributed by atoms with Gasteiger partial charge in [-0.1, -0.05) is 23.3 Å². The molecule has 0 unspecified atom stereocenters. The fraction of sp³-hybridized carbons (Fsp3) is 0.385. The number of methoxy groups -OCH3 is 1. The number of hydrogen-bond donors (Lipinski definition) is 1. The molecule has 0 amide bonds. The molecule has 1 aromatic heterocycles. The molecule has 0 aliphatic carbocycles. The van der Waals surface area contributed by atoms with E-state index in [0.717, 1.165) is 11.3 Å². The zero-order chi connectivity index (χ0) is 13.7. The number of benzene rings is 1. The number of ether oxygens (including phenoxy) is 1. The third-order valence-corrected chi connectivity index (χ3v) is 2.74. The molecule has 102 valence electrons. The molecule has 2 N–H and O–H groups in total. The molecule has 6 heteroatoms. The summed E-state index contributed by atoms with van der Waals surface area (Å²) in [6.07, 6.45) is 0.593. The Hall–Kier alpha value is -2.08. The zero-order valence-corrected chi connectivity index (χ0v) is 11.2. The van der Waals surface area contributed by atoms with Crippen LogP contribution in [-0.4, -0.2) is 30.9 Å². The Labute approximate surface area is 112 Å². The van der Waals surface area contributed by atoms with Gasteiger partial charge in [-0.05, 0) is 6.07 Å². The molecule has 0 saturated carbocycles. The van der Waals surface area contributed by atoms with Gasteiger partial charge in [-0.3, -0.25) is 0 Å². The molecule has 6 nitrogen and oxygen atoms in total. The highest BCUT2D eigenvalue weighted by molar-refractivity contribution is 5.37. The first-order valence-corrected chi connectivity index (χ1v) is 6.10. The van der Waals surface area contributed by atoms with Crippen molar-refractivity contribution in [1.29, 1.82) is 0 Å². The van der Waals surface area contributed by atoms with Crippen molar-refractivity contribution in [2.45, 2.75) is 13.0 Å². The summed E-state index contributed by atoms with van der Waals surface area (Å²) in [4.78, 5) is 1.88. The molecular formula is C13H18N4O2. The third kappa shape index (κ3) is 3.23. The molecule has 0 fully saturated rings. The van der Waals surface area contributed by atoms with Gasteiger partial charge in [-0.25, -0.2) is 0 Å². The molecular weight excluding hydrogens is 244 g/mol. The second kappa shape index (κ2) is 6.19. The number of nitrogens with zero attached hydrogens (tertiary/aromatic N) is 3. The number of rotatable bonds is 6. The van der Waals surface area contributed by atoms with Crippen molar-refractivity contribution in [2.24, 2.45) is 5.73 Å². The van der Waals surface area contributed by atoms with Gasteiger partial charge >= 0.3 is 6.01 Å². The van der Waals surface area contributed by atoms with Gasteiger partial charge in [-0.2, -0.15) is 0 Å². The fourth-order valence-corrected chi connectivity index (χ4v) is 1.78. The van der Waals surface area contributed by atoms with Gasteiger partial charge in [0.1, 0.15) is 5.75 Å². The van der Waals surface area contributed by atoms with Gasteiger partial charge in [0, 0.05) is 25.6 Å². The maximum absolute atomic E-state index is 5.51. The molecule has 1 aromatic carbocycles. The van der Waals surface area contributed by atoms with Gasteiger partial charge in [0.05, 0.1) is 13.7 Å². The van der Waals surface area contributed by atoms with Crippen LogP contribution in [0, 0.1) is 0 Å². The number of hydrogen-bond acceptors (Lipinski definition) is 6. The fourth-order valence-electron chi connectivity index (χ4n) is 1.78. The molecule has 19 heavy (non-hydrogen) atoms. The van der Waals surface area contributed by atoms with Crippen molar-refractivity contribution in [2.75, 3.05) is 25.6 Å². The Morgan fingerprint density at radius 1 is 1.32 bits per heavy atom. The van der Waals surface area contributed by atoms with Gasteiger partial charge in [0.25, 0.3) is 0 Å². The van der Waals surface area contributed by atoms with Crippen LogP contribution in [0.4, 0.5) is 6.01 Å². The van der Waals surface area contributed by atoms with Gasteiger partial charge in [0.15, 0.2) is 0 Å². The molecule has 0 radical (unpaired) electrons. The predicted octanol–water partition coefficient (Wildman–Crippen LogP) is 1.22. The van der Waals surface area contributed by atoms with E-state index in [1.165, 1.54) is 0 Å². The number of aromatic nitrogens is 2. The summed E-state index contributed by atoms with van der Waals surface area (Å²) in [5.41, 5.74) is 6.51. The lowest BCUT2D eigenvalue weighted by Gasteiger charge is -2.15. The van der Waals surface area contributed by atoms with Crippen LogP contribution in [0.1, 0.15) is 11.5 Å². The van der Waals surface area contributed by atoms with Crippen molar-refractivity contribution < 1.29 is 9.15 Å². The van der Waals surface area contributed by atoms with Crippen molar-refractivity contribution in [3.8, 4) is 5.75 Å². The first kappa shape index (κ1) is 13.4. The van der Waals surface area contributed by atoms with E-state index in [9.17, 15) is 0 Å². The van der Waals surface area contributed by atoms with Crippen LogP contribution < -0.4 is 15.4 Å². The summed E-state index contributed by atoms with van der Waals surface area (Å²) in [5, 5.41) is 7.94. The van der Waals surface area contributed by atoms with Crippen LogP contribution in [0.25, 0.3) is 0 Å². The molecule has 0 bridgehead atoms. The van der Waals surface area contributed by atoms with Gasteiger partial charge in [-0.15, -0.1) is 5.10 Å². The minimum absolute atomic E-state index is 0.481. The zero-order valence-electron chi connectivity index (χ0n) is 11.2. The monoisotopic (exact) mass is 262 g/mol. The van der Waals surface area contributed by atoms with E-state index in [-0.39, 0.29) is 0 Å². The lowest BCUT2D eigenvalue weighted by atomic mass is 10.2. The molecule has 0 aliphatic rings. The first-order chi connectivity index (χ1) is 9.24. The summed E-state index contributed by atoms with van der Waals surface area (Å²) in [6.45, 7) is 1.13. The summed E-state index contributed by atoms with van der Waals surface area (Å²) in [5.74, 6) is 1.40. The molecule has 2 aromatic rings. The Morgan fingerprint density at radius 2 is 2.11 bits per heavy atom. The standard InChI is InChI=1S/C13H18N4O2/c1-17(13-16-15-12(19-13)7-8-14)9-10-5-3-4-6-11(10)18-2/h3-6H,7-9,14H2,1-2H3. The molecule has 0 spiro atoms. The van der Waals surface area contributed by atoms with E-state index in [1.54, 1.807) is 7.11 Å². The van der Waals surface area contributed by atoms with Crippen LogP contribution in [0.5, 0.6) is 5.75 Å². The molecule has 2 rings (SSSR count). The topological polar surface area (TPSA) is 77.4 Å². The highest BCUT2D eigenvalue weighted by Crippen LogP contribution is 2.21.